The average Bonchev–Trinajstić information content (AvgIpc) is 3.05. The first kappa shape index (κ1) is 17.9. The third kappa shape index (κ3) is 4.20. The number of alkyl halides is 3. The Balaban J connectivity index is 1.71. The van der Waals surface area contributed by atoms with Crippen molar-refractivity contribution in [1.82, 2.24) is 15.0 Å². The van der Waals surface area contributed by atoms with E-state index in [2.05, 4.69) is 20.3 Å². The van der Waals surface area contributed by atoms with Crippen LogP contribution in [0.5, 0.6) is 0 Å². The fraction of sp³-hybridized carbons (Fsp3) is 0.125. The van der Waals surface area contributed by atoms with Crippen molar-refractivity contribution in [3.8, 4) is 10.7 Å². The standard InChI is InChI=1S/C16H10F4N4OS/c17-11-2-1-9(16(18,19)20)5-12(11)24-14(25)6-10-8-26-15(23-10)13-7-21-3-4-22-13/h1-5,7-8H,6H2,(H,24,25). The van der Waals surface area contributed by atoms with Crippen LogP contribution in [0.4, 0.5) is 23.2 Å². The first-order valence-electron chi connectivity index (χ1n) is 7.20. The molecule has 0 atom stereocenters. The number of hydrogen-bond donors (Lipinski definition) is 1. The van der Waals surface area contributed by atoms with E-state index < -0.39 is 29.2 Å². The number of halogens is 4. The molecule has 0 aliphatic rings. The van der Waals surface area contributed by atoms with Gasteiger partial charge < -0.3 is 5.32 Å². The second-order valence-electron chi connectivity index (χ2n) is 5.15. The zero-order valence-electron chi connectivity index (χ0n) is 12.9. The highest BCUT2D eigenvalue weighted by atomic mass is 32.1. The molecule has 134 valence electrons. The van der Waals surface area contributed by atoms with Crippen LogP contribution in [-0.4, -0.2) is 20.9 Å². The molecule has 0 bridgehead atoms. The van der Waals surface area contributed by atoms with Crippen LogP contribution in [0, 0.1) is 5.82 Å². The SMILES string of the molecule is O=C(Cc1csc(-c2cnccn2)n1)Nc1cc(C(F)(F)F)ccc1F. The molecule has 0 aliphatic heterocycles. The summed E-state index contributed by atoms with van der Waals surface area (Å²) in [6.07, 6.45) is -0.324. The van der Waals surface area contributed by atoms with Crippen molar-refractivity contribution in [1.29, 1.82) is 0 Å². The summed E-state index contributed by atoms with van der Waals surface area (Å²) in [6.45, 7) is 0. The minimum absolute atomic E-state index is 0.216. The van der Waals surface area contributed by atoms with Gasteiger partial charge in [-0.3, -0.25) is 14.8 Å². The first-order chi connectivity index (χ1) is 12.3. The number of benzene rings is 1. The van der Waals surface area contributed by atoms with E-state index in [-0.39, 0.29) is 6.42 Å². The maximum Gasteiger partial charge on any atom is 0.416 e. The van der Waals surface area contributed by atoms with Crippen LogP contribution < -0.4 is 5.32 Å². The fourth-order valence-electron chi connectivity index (χ4n) is 2.07. The summed E-state index contributed by atoms with van der Waals surface area (Å²) in [7, 11) is 0. The van der Waals surface area contributed by atoms with Gasteiger partial charge in [-0.25, -0.2) is 9.37 Å². The molecule has 10 heteroatoms. The van der Waals surface area contributed by atoms with Crippen LogP contribution in [0.3, 0.4) is 0 Å². The monoisotopic (exact) mass is 382 g/mol. The maximum atomic E-state index is 13.7. The van der Waals surface area contributed by atoms with E-state index in [0.29, 0.717) is 34.6 Å². The Morgan fingerprint density at radius 2 is 2.04 bits per heavy atom. The lowest BCUT2D eigenvalue weighted by Gasteiger charge is -2.10. The molecule has 3 rings (SSSR count). The minimum Gasteiger partial charge on any atom is -0.323 e. The summed E-state index contributed by atoms with van der Waals surface area (Å²) in [5.74, 6) is -1.64. The van der Waals surface area contributed by atoms with Crippen molar-refractivity contribution in [2.75, 3.05) is 5.32 Å². The van der Waals surface area contributed by atoms with Gasteiger partial charge in [0.25, 0.3) is 0 Å². The van der Waals surface area contributed by atoms with E-state index in [1.54, 1.807) is 5.38 Å². The van der Waals surface area contributed by atoms with Gasteiger partial charge in [0, 0.05) is 17.8 Å². The highest BCUT2D eigenvalue weighted by Gasteiger charge is 2.31. The lowest BCUT2D eigenvalue weighted by atomic mass is 10.2. The molecule has 0 saturated heterocycles. The number of anilines is 1. The lowest BCUT2D eigenvalue weighted by Crippen LogP contribution is -2.16. The highest BCUT2D eigenvalue weighted by molar-refractivity contribution is 7.13. The predicted octanol–water partition coefficient (Wildman–Crippen LogP) is 3.94. The van der Waals surface area contributed by atoms with Crippen molar-refractivity contribution in [3.05, 3.63) is 59.2 Å². The van der Waals surface area contributed by atoms with Gasteiger partial charge in [-0.05, 0) is 18.2 Å². The third-order valence-electron chi connectivity index (χ3n) is 3.24. The predicted molar refractivity (Wildman–Crippen MR) is 86.9 cm³/mol. The van der Waals surface area contributed by atoms with Crippen molar-refractivity contribution in [2.24, 2.45) is 0 Å². The molecule has 1 N–H and O–H groups in total. The molecular formula is C16H10F4N4OS. The first-order valence-corrected chi connectivity index (χ1v) is 8.08. The molecular weight excluding hydrogens is 372 g/mol. The highest BCUT2D eigenvalue weighted by Crippen LogP contribution is 2.31. The molecule has 0 aliphatic carbocycles. The van der Waals surface area contributed by atoms with E-state index in [0.717, 1.165) is 0 Å². The molecule has 0 spiro atoms. The Labute approximate surface area is 148 Å². The topological polar surface area (TPSA) is 67.8 Å². The summed E-state index contributed by atoms with van der Waals surface area (Å²) in [5, 5.41) is 4.31. The number of carbonyl (C=O) groups is 1. The molecule has 26 heavy (non-hydrogen) atoms. The summed E-state index contributed by atoms with van der Waals surface area (Å²) in [4.78, 5) is 24.2. The van der Waals surface area contributed by atoms with E-state index in [4.69, 9.17) is 0 Å². The average molecular weight is 382 g/mol. The maximum absolute atomic E-state index is 13.7. The zero-order chi connectivity index (χ0) is 18.7. The van der Waals surface area contributed by atoms with Gasteiger partial charge in [0.15, 0.2) is 0 Å². The number of rotatable bonds is 4. The molecule has 1 amide bonds. The van der Waals surface area contributed by atoms with Crippen LogP contribution in [0.15, 0.2) is 42.2 Å². The van der Waals surface area contributed by atoms with Gasteiger partial charge in [0.05, 0.1) is 29.6 Å². The Morgan fingerprint density at radius 1 is 1.23 bits per heavy atom. The molecule has 0 fully saturated rings. The summed E-state index contributed by atoms with van der Waals surface area (Å²) < 4.78 is 51.8. The number of aromatic nitrogens is 3. The molecule has 2 heterocycles. The molecule has 0 saturated carbocycles. The number of hydrogen-bond acceptors (Lipinski definition) is 5. The Kier molecular flexibility index (Phi) is 4.94. The number of thiazole rings is 1. The smallest absolute Gasteiger partial charge is 0.323 e. The second-order valence-corrected chi connectivity index (χ2v) is 6.01. The van der Waals surface area contributed by atoms with Crippen molar-refractivity contribution in [3.63, 3.8) is 0 Å². The molecule has 0 unspecified atom stereocenters. The molecule has 0 radical (unpaired) electrons. The van der Waals surface area contributed by atoms with Gasteiger partial charge in [0.2, 0.25) is 5.91 Å². The van der Waals surface area contributed by atoms with Gasteiger partial charge in [-0.15, -0.1) is 11.3 Å². The van der Waals surface area contributed by atoms with Gasteiger partial charge in [0.1, 0.15) is 16.5 Å². The van der Waals surface area contributed by atoms with Crippen LogP contribution in [0.25, 0.3) is 10.7 Å². The van der Waals surface area contributed by atoms with E-state index in [9.17, 15) is 22.4 Å². The summed E-state index contributed by atoms with van der Waals surface area (Å²) in [6, 6.07) is 1.82. The Bertz CT molecular complexity index is 927. The van der Waals surface area contributed by atoms with Crippen LogP contribution in [0.2, 0.25) is 0 Å². The van der Waals surface area contributed by atoms with Gasteiger partial charge >= 0.3 is 6.18 Å². The van der Waals surface area contributed by atoms with Crippen LogP contribution >= 0.6 is 11.3 Å². The Hall–Kier alpha value is -2.88. The zero-order valence-corrected chi connectivity index (χ0v) is 13.7. The van der Waals surface area contributed by atoms with Crippen LogP contribution in [-0.2, 0) is 17.4 Å². The number of amides is 1. The fourth-order valence-corrected chi connectivity index (χ4v) is 2.85. The molecule has 1 aromatic carbocycles. The van der Waals surface area contributed by atoms with Crippen molar-refractivity contribution < 1.29 is 22.4 Å². The summed E-state index contributed by atoms with van der Waals surface area (Å²) in [5.41, 5.74) is -0.657. The molecule has 3 aromatic rings. The number of nitrogens with zero attached hydrogens (tertiary/aromatic N) is 3. The van der Waals surface area contributed by atoms with Gasteiger partial charge in [-0.2, -0.15) is 13.2 Å². The van der Waals surface area contributed by atoms with E-state index in [1.165, 1.54) is 29.9 Å². The summed E-state index contributed by atoms with van der Waals surface area (Å²) >= 11 is 1.24. The third-order valence-corrected chi connectivity index (χ3v) is 4.16. The Morgan fingerprint density at radius 3 is 2.73 bits per heavy atom. The van der Waals surface area contributed by atoms with E-state index >= 15 is 0 Å². The number of nitrogens with one attached hydrogen (secondary N) is 1. The van der Waals surface area contributed by atoms with E-state index in [1.807, 2.05) is 0 Å². The normalized spacial score (nSPS) is 11.4. The largest absolute Gasteiger partial charge is 0.416 e. The van der Waals surface area contributed by atoms with Gasteiger partial charge in [-0.1, -0.05) is 0 Å². The molecule has 2 aromatic heterocycles. The minimum atomic E-state index is -4.63. The molecule has 5 nitrogen and oxygen atoms in total. The number of carbonyl (C=O) groups excluding carboxylic acids is 1. The quantitative estimate of drug-likeness (QED) is 0.694. The second kappa shape index (κ2) is 7.16. The van der Waals surface area contributed by atoms with Crippen LogP contribution in [0.1, 0.15) is 11.3 Å². The lowest BCUT2D eigenvalue weighted by molar-refractivity contribution is -0.137. The van der Waals surface area contributed by atoms with Crippen molar-refractivity contribution >= 4 is 22.9 Å². The van der Waals surface area contributed by atoms with Crippen molar-refractivity contribution in [2.45, 2.75) is 12.6 Å².